The molecule has 1 saturated carbocycles. The first-order chi connectivity index (χ1) is 25.2. The molecular formula is C45H44O4P2. The summed E-state index contributed by atoms with van der Waals surface area (Å²) in [5.41, 5.74) is 1.15. The molecule has 2 atom stereocenters. The fourth-order valence-corrected chi connectivity index (χ4v) is 12.5. The molecular weight excluding hydrogens is 666 g/mol. The monoisotopic (exact) mass is 710 g/mol. The number of hydrogen-bond donors (Lipinski definition) is 0. The minimum absolute atomic E-state index is 0.000467. The highest BCUT2D eigenvalue weighted by Crippen LogP contribution is 2.57. The Bertz CT molecular complexity index is 1850. The Morgan fingerprint density at radius 1 is 0.647 bits per heavy atom. The molecule has 1 fully saturated rings. The summed E-state index contributed by atoms with van der Waals surface area (Å²) in [5, 5.41) is 7.49. The van der Waals surface area contributed by atoms with Gasteiger partial charge in [0.05, 0.1) is 19.1 Å². The molecule has 0 aliphatic heterocycles. The first kappa shape index (κ1) is 35.2. The third-order valence-electron chi connectivity index (χ3n) is 9.64. The fourth-order valence-electron chi connectivity index (χ4n) is 7.32. The normalized spacial score (nSPS) is 19.2. The van der Waals surface area contributed by atoms with Crippen molar-refractivity contribution in [3.8, 4) is 0 Å². The molecule has 51 heavy (non-hydrogen) atoms. The molecule has 2 aliphatic carbocycles. The summed E-state index contributed by atoms with van der Waals surface area (Å²) in [6.45, 7) is -0.222. The van der Waals surface area contributed by atoms with Crippen LogP contribution in [0.5, 0.6) is 0 Å². The number of benzene rings is 5. The van der Waals surface area contributed by atoms with E-state index in [2.05, 4.69) is 164 Å². The lowest BCUT2D eigenvalue weighted by Crippen LogP contribution is -2.48. The van der Waals surface area contributed by atoms with E-state index >= 15 is 0 Å². The van der Waals surface area contributed by atoms with Crippen LogP contribution in [0.2, 0.25) is 0 Å². The molecule has 6 heteroatoms. The number of methoxy groups -OCH3 is 1. The Kier molecular flexibility index (Phi) is 11.7. The van der Waals surface area contributed by atoms with Crippen LogP contribution in [0.3, 0.4) is 0 Å². The predicted octanol–water partition coefficient (Wildman–Crippen LogP) is 8.35. The summed E-state index contributed by atoms with van der Waals surface area (Å²) in [6, 6.07) is 52.1. The van der Waals surface area contributed by atoms with E-state index in [9.17, 15) is 4.79 Å². The van der Waals surface area contributed by atoms with Gasteiger partial charge in [-0.15, -0.1) is 0 Å². The zero-order valence-corrected chi connectivity index (χ0v) is 30.8. The molecule has 2 aliphatic rings. The van der Waals surface area contributed by atoms with Gasteiger partial charge >= 0.3 is 5.97 Å². The molecule has 0 heterocycles. The van der Waals surface area contributed by atoms with Gasteiger partial charge in [0.1, 0.15) is 6.61 Å². The van der Waals surface area contributed by atoms with Crippen LogP contribution in [0.25, 0.3) is 0 Å². The van der Waals surface area contributed by atoms with Crippen molar-refractivity contribution in [2.75, 3.05) is 13.7 Å². The van der Waals surface area contributed by atoms with Crippen molar-refractivity contribution in [2.45, 2.75) is 49.9 Å². The zero-order valence-electron chi connectivity index (χ0n) is 29.0. The number of ether oxygens (including phenoxy) is 3. The third kappa shape index (κ3) is 8.01. The topological polar surface area (TPSA) is 44.8 Å². The molecule has 0 bridgehead atoms. The van der Waals surface area contributed by atoms with Gasteiger partial charge in [-0.3, -0.25) is 0 Å². The van der Waals surface area contributed by atoms with Gasteiger partial charge in [0.2, 0.25) is 0 Å². The van der Waals surface area contributed by atoms with Crippen molar-refractivity contribution in [3.63, 3.8) is 0 Å². The van der Waals surface area contributed by atoms with Crippen molar-refractivity contribution in [2.24, 2.45) is 0 Å². The smallest absolute Gasteiger partial charge is 0.331 e. The number of allylic oxidation sites excluding steroid dienone is 2. The zero-order chi connectivity index (χ0) is 34.9. The fraction of sp³-hybridized carbons (Fsp3) is 0.222. The number of hydrogen-bond acceptors (Lipinski definition) is 4. The highest BCUT2D eigenvalue weighted by molar-refractivity contribution is 7.80. The lowest BCUT2D eigenvalue weighted by molar-refractivity contribution is -0.242. The summed E-state index contributed by atoms with van der Waals surface area (Å²) in [6.07, 6.45) is 11.8. The second kappa shape index (κ2) is 16.9. The Labute approximate surface area is 304 Å². The molecule has 0 aromatic heterocycles. The van der Waals surface area contributed by atoms with E-state index in [0.29, 0.717) is 0 Å². The van der Waals surface area contributed by atoms with Crippen molar-refractivity contribution in [3.05, 3.63) is 175 Å². The molecule has 0 radical (unpaired) electrons. The Hall–Kier alpha value is -4.17. The van der Waals surface area contributed by atoms with Gasteiger partial charge < -0.3 is 14.2 Å². The van der Waals surface area contributed by atoms with E-state index in [-0.39, 0.29) is 18.6 Å². The predicted molar refractivity (Wildman–Crippen MR) is 213 cm³/mol. The molecule has 5 aromatic rings. The quantitative estimate of drug-likeness (QED) is 0.0742. The van der Waals surface area contributed by atoms with Gasteiger partial charge in [-0.05, 0) is 72.2 Å². The second-order valence-corrected chi connectivity index (χ2v) is 17.3. The van der Waals surface area contributed by atoms with E-state index in [1.54, 1.807) is 0 Å². The summed E-state index contributed by atoms with van der Waals surface area (Å²) in [7, 11) is -0.605. The average Bonchev–Trinajstić information content (AvgIpc) is 3.20. The van der Waals surface area contributed by atoms with Gasteiger partial charge in [0.15, 0.2) is 5.79 Å². The van der Waals surface area contributed by atoms with Gasteiger partial charge in [-0.1, -0.05) is 177 Å². The van der Waals surface area contributed by atoms with Gasteiger partial charge in [0, 0.05) is 0 Å². The van der Waals surface area contributed by atoms with Crippen molar-refractivity contribution < 1.29 is 19.0 Å². The summed E-state index contributed by atoms with van der Waals surface area (Å²) in [5.74, 6) is -2.05. The van der Waals surface area contributed by atoms with E-state index in [4.69, 9.17) is 14.2 Å². The Morgan fingerprint density at radius 2 is 1.14 bits per heavy atom. The first-order valence-electron chi connectivity index (χ1n) is 17.8. The van der Waals surface area contributed by atoms with E-state index in [1.165, 1.54) is 45.4 Å². The van der Waals surface area contributed by atoms with Crippen LogP contribution in [0.1, 0.15) is 43.6 Å². The summed E-state index contributed by atoms with van der Waals surface area (Å²) >= 11 is 0. The second-order valence-electron chi connectivity index (χ2n) is 12.9. The lowest BCUT2D eigenvalue weighted by Gasteiger charge is -2.46. The van der Waals surface area contributed by atoms with Crippen LogP contribution in [-0.4, -0.2) is 31.6 Å². The van der Waals surface area contributed by atoms with Crippen LogP contribution < -0.4 is 26.5 Å². The van der Waals surface area contributed by atoms with E-state index in [1.807, 2.05) is 0 Å². The number of esters is 1. The Balaban J connectivity index is 1.49. The minimum atomic E-state index is -1.26. The highest BCUT2D eigenvalue weighted by Gasteiger charge is 2.49. The minimum Gasteiger partial charge on any atom is -0.467 e. The van der Waals surface area contributed by atoms with Crippen LogP contribution >= 0.6 is 15.8 Å². The van der Waals surface area contributed by atoms with Crippen LogP contribution in [0.15, 0.2) is 169 Å². The van der Waals surface area contributed by atoms with Crippen molar-refractivity contribution >= 4 is 48.3 Å². The third-order valence-corrected chi connectivity index (χ3v) is 14.7. The highest BCUT2D eigenvalue weighted by atomic mass is 31.1. The van der Waals surface area contributed by atoms with Gasteiger partial charge in [0.25, 0.3) is 0 Å². The lowest BCUT2D eigenvalue weighted by atomic mass is 9.85. The Morgan fingerprint density at radius 3 is 1.67 bits per heavy atom. The van der Waals surface area contributed by atoms with E-state index < -0.39 is 27.6 Å². The average molecular weight is 711 g/mol. The molecule has 0 saturated heterocycles. The molecule has 0 amide bonds. The standard InChI is InChI=1S/C45H44O4P2/c1-47-43(46)34-48-45(49-35-20-7-2-8-21-35)33-19-32-42(51(38-26-13-5-14-27-38)39-28-15-6-16-29-39)44(45)40-30-17-18-31-41(40)50(36-22-9-3-10-23-36)37-24-11-4-12-25-37/h3-6,9-19,22-33,35,44H,2,7-8,20-21,34H2,1H3. The molecule has 0 spiro atoms. The molecule has 7 rings (SSSR count). The van der Waals surface area contributed by atoms with E-state index in [0.717, 1.165) is 31.2 Å². The van der Waals surface area contributed by atoms with Gasteiger partial charge in [-0.25, -0.2) is 4.79 Å². The largest absolute Gasteiger partial charge is 0.467 e. The number of carbonyl (C=O) groups excluding carboxylic acids is 1. The molecule has 0 N–H and O–H groups in total. The number of rotatable bonds is 12. The molecule has 258 valence electrons. The molecule has 5 aromatic carbocycles. The SMILES string of the molecule is COC(=O)COC1(OC2CCCCC2)C=CC=C(P(c2ccccc2)c2ccccc2)C1c1ccccc1P(c1ccccc1)c1ccccc1. The number of carbonyl (C=O) groups is 1. The van der Waals surface area contributed by atoms with Crippen LogP contribution in [-0.2, 0) is 19.0 Å². The molecule has 2 unspecified atom stereocenters. The maximum Gasteiger partial charge on any atom is 0.331 e. The maximum absolute atomic E-state index is 12.9. The van der Waals surface area contributed by atoms with Crippen molar-refractivity contribution in [1.82, 2.24) is 0 Å². The summed E-state index contributed by atoms with van der Waals surface area (Å²) < 4.78 is 19.4. The van der Waals surface area contributed by atoms with Crippen molar-refractivity contribution in [1.29, 1.82) is 0 Å². The van der Waals surface area contributed by atoms with Crippen LogP contribution in [0.4, 0.5) is 0 Å². The maximum atomic E-state index is 12.9. The molecule has 4 nitrogen and oxygen atoms in total. The summed E-state index contributed by atoms with van der Waals surface area (Å²) in [4.78, 5) is 12.9. The van der Waals surface area contributed by atoms with Crippen LogP contribution in [0, 0.1) is 0 Å². The van der Waals surface area contributed by atoms with Gasteiger partial charge in [-0.2, -0.15) is 0 Å². The first-order valence-corrected chi connectivity index (χ1v) is 20.5.